The summed E-state index contributed by atoms with van der Waals surface area (Å²) in [4.78, 5) is 0. The number of hydrogen-bond donors (Lipinski definition) is 1. The van der Waals surface area contributed by atoms with Gasteiger partial charge in [0.2, 0.25) is 0 Å². The lowest BCUT2D eigenvalue weighted by atomic mass is 10.2. The third-order valence-electron chi connectivity index (χ3n) is 2.55. The maximum atomic E-state index is 4.13. The van der Waals surface area contributed by atoms with E-state index in [1.54, 1.807) is 0 Å². The van der Waals surface area contributed by atoms with E-state index in [0.717, 1.165) is 35.2 Å². The molecule has 0 aliphatic rings. The van der Waals surface area contributed by atoms with E-state index < -0.39 is 0 Å². The summed E-state index contributed by atoms with van der Waals surface area (Å²) in [5.74, 6) is 0. The third kappa shape index (κ3) is 3.14. The Labute approximate surface area is 109 Å². The van der Waals surface area contributed by atoms with Crippen molar-refractivity contribution in [3.63, 3.8) is 0 Å². The van der Waals surface area contributed by atoms with Crippen LogP contribution in [-0.2, 0) is 6.42 Å². The highest BCUT2D eigenvalue weighted by Gasteiger charge is 2.05. The van der Waals surface area contributed by atoms with Gasteiger partial charge in [0.05, 0.1) is 17.6 Å². The SMILES string of the molecule is CNCCCc1cnnn1-c1ccc(Br)cc1. The first-order valence-electron chi connectivity index (χ1n) is 5.61. The van der Waals surface area contributed by atoms with E-state index >= 15 is 0 Å². The highest BCUT2D eigenvalue weighted by Crippen LogP contribution is 2.15. The van der Waals surface area contributed by atoms with Crippen molar-refractivity contribution in [3.05, 3.63) is 40.6 Å². The fourth-order valence-corrected chi connectivity index (χ4v) is 1.94. The average molecular weight is 295 g/mol. The molecule has 90 valence electrons. The van der Waals surface area contributed by atoms with E-state index in [2.05, 4.69) is 31.6 Å². The van der Waals surface area contributed by atoms with Gasteiger partial charge in [0.15, 0.2) is 0 Å². The third-order valence-corrected chi connectivity index (χ3v) is 3.08. The van der Waals surface area contributed by atoms with Crippen LogP contribution in [0.2, 0.25) is 0 Å². The zero-order valence-corrected chi connectivity index (χ0v) is 11.3. The Bertz CT molecular complexity index is 464. The Morgan fingerprint density at radius 1 is 1.29 bits per heavy atom. The summed E-state index contributed by atoms with van der Waals surface area (Å²) in [6.07, 6.45) is 3.89. The predicted octanol–water partition coefficient (Wildman–Crippen LogP) is 2.18. The number of aryl methyl sites for hydroxylation is 1. The van der Waals surface area contributed by atoms with Crippen LogP contribution >= 0.6 is 15.9 Å². The average Bonchev–Trinajstić information content (AvgIpc) is 2.79. The number of nitrogens with one attached hydrogen (secondary N) is 1. The number of nitrogens with zero attached hydrogens (tertiary/aromatic N) is 3. The Hall–Kier alpha value is -1.20. The second-order valence-corrected chi connectivity index (χ2v) is 4.74. The monoisotopic (exact) mass is 294 g/mol. The molecule has 0 saturated heterocycles. The molecule has 0 amide bonds. The summed E-state index contributed by atoms with van der Waals surface area (Å²) < 4.78 is 2.96. The summed E-state index contributed by atoms with van der Waals surface area (Å²) >= 11 is 3.42. The van der Waals surface area contributed by atoms with Gasteiger partial charge in [-0.25, -0.2) is 4.68 Å². The molecule has 0 fully saturated rings. The van der Waals surface area contributed by atoms with Gasteiger partial charge in [-0.1, -0.05) is 21.1 Å². The summed E-state index contributed by atoms with van der Waals surface area (Å²) in [7, 11) is 1.96. The second kappa shape index (κ2) is 5.93. The number of aromatic nitrogens is 3. The van der Waals surface area contributed by atoms with E-state index in [0.29, 0.717) is 0 Å². The Morgan fingerprint density at radius 3 is 2.76 bits per heavy atom. The second-order valence-electron chi connectivity index (χ2n) is 3.82. The molecule has 5 heteroatoms. The first kappa shape index (κ1) is 12.3. The summed E-state index contributed by atoms with van der Waals surface area (Å²) in [6.45, 7) is 1.01. The molecular formula is C12H15BrN4. The molecule has 0 atom stereocenters. The molecule has 2 rings (SSSR count). The van der Waals surface area contributed by atoms with Gasteiger partial charge in [0, 0.05) is 4.47 Å². The minimum absolute atomic E-state index is 0.976. The lowest BCUT2D eigenvalue weighted by molar-refractivity contribution is 0.687. The van der Waals surface area contributed by atoms with E-state index in [-0.39, 0.29) is 0 Å². The van der Waals surface area contributed by atoms with Crippen LogP contribution in [0.4, 0.5) is 0 Å². The van der Waals surface area contributed by atoms with Crippen LogP contribution in [-0.4, -0.2) is 28.6 Å². The van der Waals surface area contributed by atoms with Crippen LogP contribution in [0.5, 0.6) is 0 Å². The van der Waals surface area contributed by atoms with E-state index in [9.17, 15) is 0 Å². The molecule has 0 bridgehead atoms. The standard InChI is InChI=1S/C12H15BrN4/c1-14-8-2-3-12-9-15-16-17(12)11-6-4-10(13)5-7-11/h4-7,9,14H,2-3,8H2,1H3. The normalized spacial score (nSPS) is 10.7. The van der Waals surface area contributed by atoms with Crippen molar-refractivity contribution in [1.29, 1.82) is 0 Å². The molecular weight excluding hydrogens is 280 g/mol. The van der Waals surface area contributed by atoms with Crippen molar-refractivity contribution in [1.82, 2.24) is 20.3 Å². The largest absolute Gasteiger partial charge is 0.320 e. The first-order valence-corrected chi connectivity index (χ1v) is 6.40. The van der Waals surface area contributed by atoms with Gasteiger partial charge >= 0.3 is 0 Å². The molecule has 1 aromatic heterocycles. The predicted molar refractivity (Wildman–Crippen MR) is 71.3 cm³/mol. The van der Waals surface area contributed by atoms with Gasteiger partial charge < -0.3 is 5.32 Å². The highest BCUT2D eigenvalue weighted by molar-refractivity contribution is 9.10. The number of hydrogen-bond acceptors (Lipinski definition) is 3. The molecule has 4 nitrogen and oxygen atoms in total. The topological polar surface area (TPSA) is 42.7 Å². The lowest BCUT2D eigenvalue weighted by Crippen LogP contribution is -2.10. The molecule has 2 aromatic rings. The van der Waals surface area contributed by atoms with Crippen molar-refractivity contribution in [2.75, 3.05) is 13.6 Å². The Balaban J connectivity index is 2.15. The molecule has 0 saturated carbocycles. The van der Waals surface area contributed by atoms with Gasteiger partial charge in [-0.15, -0.1) is 5.10 Å². The van der Waals surface area contributed by atoms with Crippen LogP contribution in [0.15, 0.2) is 34.9 Å². The van der Waals surface area contributed by atoms with Crippen molar-refractivity contribution >= 4 is 15.9 Å². The van der Waals surface area contributed by atoms with Gasteiger partial charge in [-0.2, -0.15) is 0 Å². The zero-order valence-electron chi connectivity index (χ0n) is 9.73. The Kier molecular flexibility index (Phi) is 4.28. The van der Waals surface area contributed by atoms with Crippen molar-refractivity contribution in [2.45, 2.75) is 12.8 Å². The summed E-state index contributed by atoms with van der Waals surface area (Å²) in [6, 6.07) is 8.07. The number of halogens is 1. The molecule has 0 aliphatic carbocycles. The van der Waals surface area contributed by atoms with Gasteiger partial charge in [-0.05, 0) is 50.7 Å². The van der Waals surface area contributed by atoms with Crippen LogP contribution in [0.3, 0.4) is 0 Å². The van der Waals surface area contributed by atoms with Crippen LogP contribution < -0.4 is 5.32 Å². The van der Waals surface area contributed by atoms with Gasteiger partial charge in [0.25, 0.3) is 0 Å². The zero-order chi connectivity index (χ0) is 12.1. The Morgan fingerprint density at radius 2 is 2.06 bits per heavy atom. The summed E-state index contributed by atoms with van der Waals surface area (Å²) in [5.41, 5.74) is 2.19. The van der Waals surface area contributed by atoms with Gasteiger partial charge in [0.1, 0.15) is 0 Å². The summed E-state index contributed by atoms with van der Waals surface area (Å²) in [5, 5.41) is 11.2. The van der Waals surface area contributed by atoms with Crippen LogP contribution in [0.25, 0.3) is 5.69 Å². The van der Waals surface area contributed by atoms with Gasteiger partial charge in [-0.3, -0.25) is 0 Å². The fraction of sp³-hybridized carbons (Fsp3) is 0.333. The molecule has 17 heavy (non-hydrogen) atoms. The number of benzene rings is 1. The van der Waals surface area contributed by atoms with E-state index in [1.165, 1.54) is 0 Å². The highest BCUT2D eigenvalue weighted by atomic mass is 79.9. The molecule has 1 aromatic carbocycles. The minimum atomic E-state index is 0.976. The van der Waals surface area contributed by atoms with Crippen molar-refractivity contribution in [2.24, 2.45) is 0 Å². The minimum Gasteiger partial charge on any atom is -0.320 e. The fourth-order valence-electron chi connectivity index (χ4n) is 1.67. The smallest absolute Gasteiger partial charge is 0.0729 e. The van der Waals surface area contributed by atoms with Crippen LogP contribution in [0.1, 0.15) is 12.1 Å². The quantitative estimate of drug-likeness (QED) is 0.860. The first-order chi connectivity index (χ1) is 8.31. The van der Waals surface area contributed by atoms with E-state index in [1.807, 2.05) is 42.2 Å². The maximum Gasteiger partial charge on any atom is 0.0729 e. The van der Waals surface area contributed by atoms with Crippen LogP contribution in [0, 0.1) is 0 Å². The number of rotatable bonds is 5. The maximum absolute atomic E-state index is 4.13. The molecule has 0 spiro atoms. The van der Waals surface area contributed by atoms with E-state index in [4.69, 9.17) is 0 Å². The molecule has 1 N–H and O–H groups in total. The molecule has 0 radical (unpaired) electrons. The molecule has 0 unspecified atom stereocenters. The molecule has 0 aliphatic heterocycles. The van der Waals surface area contributed by atoms with Crippen molar-refractivity contribution in [3.8, 4) is 5.69 Å². The lowest BCUT2D eigenvalue weighted by Gasteiger charge is -2.06. The molecule has 1 heterocycles. The van der Waals surface area contributed by atoms with Crippen molar-refractivity contribution < 1.29 is 0 Å².